The number of para-hydroxylation sites is 1. The lowest BCUT2D eigenvalue weighted by atomic mass is 10.2. The van der Waals surface area contributed by atoms with Gasteiger partial charge in [0.25, 0.3) is 0 Å². The number of hydrogen-bond acceptors (Lipinski definition) is 6. The number of imide groups is 1. The van der Waals surface area contributed by atoms with Gasteiger partial charge in [0, 0.05) is 14.1 Å². The minimum atomic E-state index is -0.542. The van der Waals surface area contributed by atoms with Crippen molar-refractivity contribution in [3.05, 3.63) is 24.3 Å². The van der Waals surface area contributed by atoms with E-state index in [1.165, 1.54) is 18.8 Å². The topological polar surface area (TPSA) is 98.1 Å². The van der Waals surface area contributed by atoms with Gasteiger partial charge in [-0.25, -0.2) is 4.79 Å². The number of nitrogens with zero attached hydrogens (tertiary/aromatic N) is 3. The standard InChI is InChI=1S/C15H19N5O3S/c1-9(13(21)17-14(22)16-2)24-15-19-18-12(20(15)3)10-7-5-6-8-11(10)23-4/h5-9H,1-4H3,(H2,16,17,21,22). The van der Waals surface area contributed by atoms with Crippen molar-refractivity contribution in [3.63, 3.8) is 0 Å². The summed E-state index contributed by atoms with van der Waals surface area (Å²) in [6.45, 7) is 1.69. The van der Waals surface area contributed by atoms with Gasteiger partial charge in [-0.2, -0.15) is 0 Å². The third-order valence-corrected chi connectivity index (χ3v) is 4.43. The number of rotatable bonds is 5. The molecule has 8 nitrogen and oxygen atoms in total. The van der Waals surface area contributed by atoms with E-state index in [0.29, 0.717) is 16.7 Å². The summed E-state index contributed by atoms with van der Waals surface area (Å²) in [4.78, 5) is 23.1. The molecule has 24 heavy (non-hydrogen) atoms. The van der Waals surface area contributed by atoms with Crippen LogP contribution in [0, 0.1) is 0 Å². The highest BCUT2D eigenvalue weighted by molar-refractivity contribution is 8.00. The van der Waals surface area contributed by atoms with Crippen LogP contribution in [0.1, 0.15) is 6.92 Å². The van der Waals surface area contributed by atoms with E-state index < -0.39 is 17.2 Å². The molecular weight excluding hydrogens is 330 g/mol. The number of amides is 3. The monoisotopic (exact) mass is 349 g/mol. The summed E-state index contributed by atoms with van der Waals surface area (Å²) < 4.78 is 7.13. The lowest BCUT2D eigenvalue weighted by Crippen LogP contribution is -2.41. The largest absolute Gasteiger partial charge is 0.496 e. The number of benzene rings is 1. The highest BCUT2D eigenvalue weighted by Gasteiger charge is 2.21. The molecule has 0 spiro atoms. The van der Waals surface area contributed by atoms with Crippen molar-refractivity contribution in [2.24, 2.45) is 7.05 Å². The molecule has 2 N–H and O–H groups in total. The Bertz CT molecular complexity index is 746. The zero-order chi connectivity index (χ0) is 17.7. The minimum absolute atomic E-state index is 0.402. The van der Waals surface area contributed by atoms with Gasteiger partial charge in [0.2, 0.25) is 5.91 Å². The number of thioether (sulfide) groups is 1. The van der Waals surface area contributed by atoms with Gasteiger partial charge in [-0.1, -0.05) is 23.9 Å². The summed E-state index contributed by atoms with van der Waals surface area (Å²) >= 11 is 1.22. The Morgan fingerprint density at radius 3 is 2.67 bits per heavy atom. The van der Waals surface area contributed by atoms with Crippen molar-refractivity contribution in [3.8, 4) is 17.1 Å². The minimum Gasteiger partial charge on any atom is -0.496 e. The van der Waals surface area contributed by atoms with Gasteiger partial charge < -0.3 is 14.6 Å². The molecule has 2 rings (SSSR count). The van der Waals surface area contributed by atoms with Crippen molar-refractivity contribution in [2.75, 3.05) is 14.2 Å². The van der Waals surface area contributed by atoms with E-state index in [9.17, 15) is 9.59 Å². The first-order valence-corrected chi connectivity index (χ1v) is 8.08. The number of carbonyl (C=O) groups is 2. The Labute approximate surface area is 144 Å². The average molecular weight is 349 g/mol. The smallest absolute Gasteiger partial charge is 0.321 e. The van der Waals surface area contributed by atoms with Gasteiger partial charge in [-0.05, 0) is 19.1 Å². The predicted octanol–water partition coefficient (Wildman–Crippen LogP) is 1.43. The molecule has 1 aromatic heterocycles. The molecule has 0 radical (unpaired) electrons. The Morgan fingerprint density at radius 2 is 2.00 bits per heavy atom. The zero-order valence-electron chi connectivity index (χ0n) is 13.9. The summed E-state index contributed by atoms with van der Waals surface area (Å²) in [7, 11) is 4.85. The van der Waals surface area contributed by atoms with Crippen LogP contribution in [0.15, 0.2) is 29.4 Å². The van der Waals surface area contributed by atoms with E-state index in [1.807, 2.05) is 31.3 Å². The van der Waals surface area contributed by atoms with E-state index >= 15 is 0 Å². The molecule has 0 aliphatic carbocycles. The highest BCUT2D eigenvalue weighted by atomic mass is 32.2. The first kappa shape index (κ1) is 17.8. The van der Waals surface area contributed by atoms with Crippen molar-refractivity contribution < 1.29 is 14.3 Å². The van der Waals surface area contributed by atoms with Crippen LogP contribution in [0.25, 0.3) is 11.4 Å². The molecule has 0 bridgehead atoms. The molecule has 0 aliphatic rings. The number of hydrogen-bond donors (Lipinski definition) is 2. The second-order valence-corrected chi connectivity index (χ2v) is 6.20. The second-order valence-electron chi connectivity index (χ2n) is 4.89. The number of carbonyl (C=O) groups excluding carboxylic acids is 2. The van der Waals surface area contributed by atoms with Crippen LogP contribution in [0.2, 0.25) is 0 Å². The van der Waals surface area contributed by atoms with Crippen LogP contribution < -0.4 is 15.4 Å². The number of nitrogens with one attached hydrogen (secondary N) is 2. The molecule has 9 heteroatoms. The highest BCUT2D eigenvalue weighted by Crippen LogP contribution is 2.30. The number of urea groups is 1. The molecule has 1 unspecified atom stereocenters. The van der Waals surface area contributed by atoms with Crippen molar-refractivity contribution in [2.45, 2.75) is 17.3 Å². The van der Waals surface area contributed by atoms with E-state index in [1.54, 1.807) is 18.6 Å². The molecule has 0 aliphatic heterocycles. The van der Waals surface area contributed by atoms with E-state index in [-0.39, 0.29) is 0 Å². The Hall–Kier alpha value is -2.55. The van der Waals surface area contributed by atoms with E-state index in [2.05, 4.69) is 20.8 Å². The van der Waals surface area contributed by atoms with Crippen LogP contribution in [0.4, 0.5) is 4.79 Å². The van der Waals surface area contributed by atoms with Crippen molar-refractivity contribution in [1.29, 1.82) is 0 Å². The molecule has 1 heterocycles. The summed E-state index contributed by atoms with van der Waals surface area (Å²) in [5.74, 6) is 0.921. The third-order valence-electron chi connectivity index (χ3n) is 3.30. The summed E-state index contributed by atoms with van der Waals surface area (Å²) in [6.07, 6.45) is 0. The summed E-state index contributed by atoms with van der Waals surface area (Å²) in [6, 6.07) is 6.95. The van der Waals surface area contributed by atoms with Crippen LogP contribution in [0.5, 0.6) is 5.75 Å². The number of aromatic nitrogens is 3. The molecule has 1 aromatic carbocycles. The van der Waals surface area contributed by atoms with Crippen LogP contribution in [-0.4, -0.2) is 46.1 Å². The zero-order valence-corrected chi connectivity index (χ0v) is 14.7. The number of ether oxygens (including phenoxy) is 1. The van der Waals surface area contributed by atoms with Crippen molar-refractivity contribution in [1.82, 2.24) is 25.4 Å². The lowest BCUT2D eigenvalue weighted by molar-refractivity contribution is -0.119. The first-order chi connectivity index (χ1) is 11.5. The fourth-order valence-corrected chi connectivity index (χ4v) is 2.78. The Kier molecular flexibility index (Phi) is 5.80. The molecular formula is C15H19N5O3S. The lowest BCUT2D eigenvalue weighted by Gasteiger charge is -2.11. The van der Waals surface area contributed by atoms with Gasteiger partial charge >= 0.3 is 6.03 Å². The quantitative estimate of drug-likeness (QED) is 0.793. The normalized spacial score (nSPS) is 11.7. The van der Waals surface area contributed by atoms with Crippen LogP contribution >= 0.6 is 11.8 Å². The molecule has 3 amide bonds. The van der Waals surface area contributed by atoms with E-state index in [0.717, 1.165) is 5.56 Å². The van der Waals surface area contributed by atoms with Gasteiger partial charge in [0.05, 0.1) is 17.9 Å². The van der Waals surface area contributed by atoms with Crippen LogP contribution in [-0.2, 0) is 11.8 Å². The maximum absolute atomic E-state index is 11.9. The predicted molar refractivity (Wildman–Crippen MR) is 90.9 cm³/mol. The average Bonchev–Trinajstić information content (AvgIpc) is 2.95. The molecule has 0 fully saturated rings. The maximum atomic E-state index is 11.9. The summed E-state index contributed by atoms with van der Waals surface area (Å²) in [5.41, 5.74) is 0.810. The Balaban J connectivity index is 2.18. The van der Waals surface area contributed by atoms with E-state index in [4.69, 9.17) is 4.74 Å². The second kappa shape index (κ2) is 7.82. The van der Waals surface area contributed by atoms with Gasteiger partial charge in [-0.15, -0.1) is 10.2 Å². The summed E-state index contributed by atoms with van der Waals surface area (Å²) in [5, 5.41) is 13.0. The molecule has 2 aromatic rings. The fraction of sp³-hybridized carbons (Fsp3) is 0.333. The third kappa shape index (κ3) is 3.85. The first-order valence-electron chi connectivity index (χ1n) is 7.20. The van der Waals surface area contributed by atoms with Gasteiger partial charge in [0.1, 0.15) is 5.75 Å². The Morgan fingerprint density at radius 1 is 1.29 bits per heavy atom. The molecule has 1 atom stereocenters. The fourth-order valence-electron chi connectivity index (χ4n) is 1.97. The molecule has 0 saturated heterocycles. The number of methoxy groups -OCH3 is 1. The molecule has 128 valence electrons. The molecule has 0 saturated carbocycles. The maximum Gasteiger partial charge on any atom is 0.321 e. The van der Waals surface area contributed by atoms with Crippen LogP contribution in [0.3, 0.4) is 0 Å². The SMILES string of the molecule is CNC(=O)NC(=O)C(C)Sc1nnc(-c2ccccc2OC)n1C. The van der Waals surface area contributed by atoms with Crippen molar-refractivity contribution >= 4 is 23.7 Å². The van der Waals surface area contributed by atoms with Gasteiger partial charge in [0.15, 0.2) is 11.0 Å². The van der Waals surface area contributed by atoms with Gasteiger partial charge in [-0.3, -0.25) is 10.1 Å².